The average molecular weight is 335 g/mol. The molecule has 1 aliphatic rings. The number of nitrogens with zero attached hydrogens (tertiary/aromatic N) is 1. The molecular formula is C18H23ClN2S. The van der Waals surface area contributed by atoms with Gasteiger partial charge in [0.05, 0.1) is 0 Å². The van der Waals surface area contributed by atoms with Crippen molar-refractivity contribution in [1.82, 2.24) is 4.90 Å². The third-order valence-corrected chi connectivity index (χ3v) is 5.20. The molecular weight excluding hydrogens is 312 g/mol. The van der Waals surface area contributed by atoms with E-state index in [9.17, 15) is 0 Å². The van der Waals surface area contributed by atoms with Gasteiger partial charge in [0.15, 0.2) is 0 Å². The number of hydrogen-bond donors (Lipinski definition) is 1. The molecule has 0 amide bonds. The Balaban J connectivity index is 0.00000176. The Hall–Kier alpha value is -1.16. The summed E-state index contributed by atoms with van der Waals surface area (Å²) >= 11 is 1.98. The van der Waals surface area contributed by atoms with E-state index in [4.69, 9.17) is 5.73 Å². The van der Waals surface area contributed by atoms with Gasteiger partial charge in [0.1, 0.15) is 0 Å². The summed E-state index contributed by atoms with van der Waals surface area (Å²) in [7, 11) is 0. The molecule has 0 spiro atoms. The molecule has 4 heteroatoms. The van der Waals surface area contributed by atoms with E-state index in [0.717, 1.165) is 18.2 Å². The first-order valence-electron chi connectivity index (χ1n) is 7.54. The first-order valence-corrected chi connectivity index (χ1v) is 8.53. The molecule has 0 aliphatic carbocycles. The minimum atomic E-state index is 0. The van der Waals surface area contributed by atoms with Crippen LogP contribution in [-0.4, -0.2) is 23.7 Å². The third kappa shape index (κ3) is 4.94. The van der Waals surface area contributed by atoms with Gasteiger partial charge in [-0.25, -0.2) is 0 Å². The van der Waals surface area contributed by atoms with Gasteiger partial charge < -0.3 is 5.73 Å². The molecule has 1 heterocycles. The topological polar surface area (TPSA) is 29.3 Å². The molecule has 2 aromatic rings. The molecule has 1 saturated heterocycles. The summed E-state index contributed by atoms with van der Waals surface area (Å²) in [5.41, 5.74) is 8.04. The summed E-state index contributed by atoms with van der Waals surface area (Å²) < 4.78 is 0. The smallest absolute Gasteiger partial charge is 0.0317 e. The fourth-order valence-electron chi connectivity index (χ4n) is 2.87. The number of thioether (sulfide) groups is 1. The molecule has 1 atom stereocenters. The van der Waals surface area contributed by atoms with Crippen molar-refractivity contribution >= 4 is 29.9 Å². The molecule has 1 aliphatic heterocycles. The second kappa shape index (κ2) is 8.47. The number of nitrogens with two attached hydrogens (primary N) is 1. The highest BCUT2D eigenvalue weighted by Crippen LogP contribution is 2.26. The van der Waals surface area contributed by atoms with Gasteiger partial charge in [-0.15, -0.1) is 24.2 Å². The van der Waals surface area contributed by atoms with Gasteiger partial charge in [-0.3, -0.25) is 4.90 Å². The Labute approximate surface area is 143 Å². The van der Waals surface area contributed by atoms with E-state index in [1.165, 1.54) is 35.7 Å². The number of nitrogen functional groups attached to an aromatic ring is 1. The molecule has 118 valence electrons. The Kier molecular flexibility index (Phi) is 6.62. The summed E-state index contributed by atoms with van der Waals surface area (Å²) in [6.07, 6.45) is 1.31. The van der Waals surface area contributed by atoms with Crippen molar-refractivity contribution in [1.29, 1.82) is 0 Å². The van der Waals surface area contributed by atoms with Crippen LogP contribution in [0.4, 0.5) is 5.69 Å². The second-order valence-corrected chi connectivity index (χ2v) is 6.85. The molecule has 0 aromatic heterocycles. The summed E-state index contributed by atoms with van der Waals surface area (Å²) in [6.45, 7) is 3.43. The highest BCUT2D eigenvalue weighted by Gasteiger charge is 2.22. The van der Waals surface area contributed by atoms with Crippen LogP contribution in [0.15, 0.2) is 59.5 Å². The van der Waals surface area contributed by atoms with Crippen LogP contribution in [0.5, 0.6) is 0 Å². The average Bonchev–Trinajstić information content (AvgIpc) is 2.94. The van der Waals surface area contributed by atoms with E-state index in [1.807, 2.05) is 23.9 Å². The third-order valence-electron chi connectivity index (χ3n) is 3.96. The van der Waals surface area contributed by atoms with Crippen molar-refractivity contribution < 1.29 is 0 Å². The molecule has 0 radical (unpaired) electrons. The second-order valence-electron chi connectivity index (χ2n) is 5.76. The lowest BCUT2D eigenvalue weighted by Gasteiger charge is -2.16. The number of halogens is 1. The zero-order valence-corrected chi connectivity index (χ0v) is 14.3. The van der Waals surface area contributed by atoms with E-state index in [-0.39, 0.29) is 12.4 Å². The van der Waals surface area contributed by atoms with Gasteiger partial charge in [-0.05, 0) is 48.7 Å². The lowest BCUT2D eigenvalue weighted by Crippen LogP contribution is -2.20. The summed E-state index contributed by atoms with van der Waals surface area (Å²) in [4.78, 5) is 3.93. The quantitative estimate of drug-likeness (QED) is 0.652. The van der Waals surface area contributed by atoms with Crippen LogP contribution in [0.25, 0.3) is 0 Å². The first kappa shape index (κ1) is 17.2. The predicted molar refractivity (Wildman–Crippen MR) is 98.7 cm³/mol. The van der Waals surface area contributed by atoms with Crippen molar-refractivity contribution in [2.45, 2.75) is 17.9 Å². The molecule has 0 saturated carbocycles. The molecule has 2 aromatic carbocycles. The number of rotatable bonds is 5. The van der Waals surface area contributed by atoms with Crippen LogP contribution in [0.2, 0.25) is 0 Å². The standard InChI is InChI=1S/C18H22N2S.ClH/c19-17-6-4-5-15(11-17)12-20-10-9-16(13-20)14-21-18-7-2-1-3-8-18;/h1-8,11,16H,9-10,12-14,19H2;1H. The zero-order chi connectivity index (χ0) is 14.5. The molecule has 1 unspecified atom stereocenters. The maximum atomic E-state index is 5.85. The minimum Gasteiger partial charge on any atom is -0.399 e. The lowest BCUT2D eigenvalue weighted by atomic mass is 10.1. The van der Waals surface area contributed by atoms with E-state index in [2.05, 4.69) is 47.4 Å². The summed E-state index contributed by atoms with van der Waals surface area (Å²) in [5, 5.41) is 0. The highest BCUT2D eigenvalue weighted by atomic mass is 35.5. The van der Waals surface area contributed by atoms with E-state index in [1.54, 1.807) is 0 Å². The Bertz CT molecular complexity index is 576. The number of anilines is 1. The van der Waals surface area contributed by atoms with Gasteiger partial charge in [0.25, 0.3) is 0 Å². The van der Waals surface area contributed by atoms with Crippen LogP contribution in [0, 0.1) is 5.92 Å². The normalized spacial score (nSPS) is 18.1. The van der Waals surface area contributed by atoms with Gasteiger partial charge in [0.2, 0.25) is 0 Å². The van der Waals surface area contributed by atoms with Gasteiger partial charge in [-0.1, -0.05) is 30.3 Å². The maximum Gasteiger partial charge on any atom is 0.0317 e. The summed E-state index contributed by atoms with van der Waals surface area (Å²) in [5.74, 6) is 2.02. The van der Waals surface area contributed by atoms with Crippen molar-refractivity contribution in [3.8, 4) is 0 Å². The van der Waals surface area contributed by atoms with Crippen LogP contribution < -0.4 is 5.73 Å². The Morgan fingerprint density at radius 1 is 1.09 bits per heavy atom. The zero-order valence-electron chi connectivity index (χ0n) is 12.7. The maximum absolute atomic E-state index is 5.85. The van der Waals surface area contributed by atoms with Crippen molar-refractivity contribution in [3.05, 3.63) is 60.2 Å². The minimum absolute atomic E-state index is 0. The van der Waals surface area contributed by atoms with Crippen LogP contribution in [0.3, 0.4) is 0 Å². The molecule has 3 rings (SSSR count). The first-order chi connectivity index (χ1) is 10.3. The van der Waals surface area contributed by atoms with E-state index in [0.29, 0.717) is 0 Å². The van der Waals surface area contributed by atoms with Gasteiger partial charge in [-0.2, -0.15) is 0 Å². The fourth-order valence-corrected chi connectivity index (χ4v) is 3.92. The van der Waals surface area contributed by atoms with Crippen molar-refractivity contribution in [3.63, 3.8) is 0 Å². The van der Waals surface area contributed by atoms with E-state index < -0.39 is 0 Å². The van der Waals surface area contributed by atoms with Gasteiger partial charge in [0, 0.05) is 29.4 Å². The Morgan fingerprint density at radius 3 is 2.68 bits per heavy atom. The number of benzene rings is 2. The fraction of sp³-hybridized carbons (Fsp3) is 0.333. The molecule has 22 heavy (non-hydrogen) atoms. The summed E-state index contributed by atoms with van der Waals surface area (Å²) in [6, 6.07) is 19.0. The molecule has 1 fully saturated rings. The highest BCUT2D eigenvalue weighted by molar-refractivity contribution is 7.99. The number of hydrogen-bond acceptors (Lipinski definition) is 3. The van der Waals surface area contributed by atoms with Crippen molar-refractivity contribution in [2.75, 3.05) is 24.6 Å². The predicted octanol–water partition coefficient (Wildman–Crippen LogP) is 4.30. The Morgan fingerprint density at radius 2 is 1.91 bits per heavy atom. The van der Waals surface area contributed by atoms with Crippen molar-refractivity contribution in [2.24, 2.45) is 5.92 Å². The van der Waals surface area contributed by atoms with Crippen LogP contribution >= 0.6 is 24.2 Å². The van der Waals surface area contributed by atoms with E-state index >= 15 is 0 Å². The molecule has 2 N–H and O–H groups in total. The van der Waals surface area contributed by atoms with Crippen LogP contribution in [-0.2, 0) is 6.54 Å². The monoisotopic (exact) mass is 334 g/mol. The number of likely N-dealkylation sites (tertiary alicyclic amines) is 1. The largest absolute Gasteiger partial charge is 0.399 e. The van der Waals surface area contributed by atoms with Gasteiger partial charge >= 0.3 is 0 Å². The molecule has 2 nitrogen and oxygen atoms in total. The SMILES string of the molecule is Cl.Nc1cccc(CN2CCC(CSc3ccccc3)C2)c1. The molecule has 0 bridgehead atoms. The lowest BCUT2D eigenvalue weighted by molar-refractivity contribution is 0.321. The van der Waals surface area contributed by atoms with Crippen LogP contribution in [0.1, 0.15) is 12.0 Å².